The first kappa shape index (κ1) is 16.8. The van der Waals surface area contributed by atoms with Crippen molar-refractivity contribution in [1.82, 2.24) is 0 Å². The quantitative estimate of drug-likeness (QED) is 0.500. The number of phenolic OH excluding ortho intramolecular Hbond substituents is 1. The maximum absolute atomic E-state index is 13.4. The van der Waals surface area contributed by atoms with Gasteiger partial charge in [0.1, 0.15) is 5.82 Å². The highest BCUT2D eigenvalue weighted by molar-refractivity contribution is 8.13. The summed E-state index contributed by atoms with van der Waals surface area (Å²) in [6.45, 7) is 0. The molecule has 0 saturated carbocycles. The molecular weight excluding hydrogens is 317 g/mol. The molecule has 0 saturated heterocycles. The van der Waals surface area contributed by atoms with Gasteiger partial charge < -0.3 is 15.6 Å². The van der Waals surface area contributed by atoms with E-state index < -0.39 is 5.82 Å². The standard InChI is InChI=1S/C16H16FN3O2S/c1-22-14-8-13(17)7-12(15(14)21)9-19-20-16(18)23-10-11-5-3-2-4-6-11/h2-9,21H,10H2,1H3,(H2,18,20). The van der Waals surface area contributed by atoms with Gasteiger partial charge in [0.05, 0.1) is 13.3 Å². The number of amidine groups is 1. The molecule has 3 N–H and O–H groups in total. The number of thioether (sulfide) groups is 1. The van der Waals surface area contributed by atoms with Crippen molar-refractivity contribution in [3.05, 3.63) is 59.4 Å². The summed E-state index contributed by atoms with van der Waals surface area (Å²) in [5.41, 5.74) is 7.02. The first-order valence-corrected chi connectivity index (χ1v) is 7.68. The molecule has 0 aliphatic carbocycles. The molecule has 0 unspecified atom stereocenters. The number of aromatic hydroxyl groups is 1. The number of methoxy groups -OCH3 is 1. The van der Waals surface area contributed by atoms with Crippen LogP contribution in [0.2, 0.25) is 0 Å². The average molecular weight is 333 g/mol. The second-order valence-corrected chi connectivity index (χ2v) is 5.50. The summed E-state index contributed by atoms with van der Waals surface area (Å²) < 4.78 is 18.2. The van der Waals surface area contributed by atoms with E-state index in [4.69, 9.17) is 10.5 Å². The molecule has 0 bridgehead atoms. The van der Waals surface area contributed by atoms with Crippen molar-refractivity contribution >= 4 is 23.1 Å². The normalized spacial score (nSPS) is 11.8. The predicted molar refractivity (Wildman–Crippen MR) is 91.6 cm³/mol. The van der Waals surface area contributed by atoms with Crippen molar-refractivity contribution in [3.63, 3.8) is 0 Å². The van der Waals surface area contributed by atoms with Crippen LogP contribution in [-0.4, -0.2) is 23.6 Å². The van der Waals surface area contributed by atoms with Crippen LogP contribution in [0.4, 0.5) is 4.39 Å². The molecule has 0 fully saturated rings. The molecule has 0 aliphatic rings. The molecule has 5 nitrogen and oxygen atoms in total. The van der Waals surface area contributed by atoms with Crippen molar-refractivity contribution in [3.8, 4) is 11.5 Å². The average Bonchev–Trinajstić information content (AvgIpc) is 2.56. The summed E-state index contributed by atoms with van der Waals surface area (Å²) in [5, 5.41) is 17.7. The van der Waals surface area contributed by atoms with Gasteiger partial charge in [-0.05, 0) is 11.6 Å². The third-order valence-corrected chi connectivity index (χ3v) is 3.73. The molecule has 7 heteroatoms. The lowest BCUT2D eigenvalue weighted by molar-refractivity contribution is 0.370. The third kappa shape index (κ3) is 5.00. The molecule has 2 rings (SSSR count). The van der Waals surface area contributed by atoms with E-state index in [2.05, 4.69) is 10.2 Å². The number of benzene rings is 2. The number of halogens is 1. The molecular formula is C16H16FN3O2S. The van der Waals surface area contributed by atoms with Gasteiger partial charge in [0.2, 0.25) is 0 Å². The van der Waals surface area contributed by atoms with Crippen LogP contribution in [0.15, 0.2) is 52.7 Å². The van der Waals surface area contributed by atoms with Gasteiger partial charge in [0.15, 0.2) is 16.7 Å². The summed E-state index contributed by atoms with van der Waals surface area (Å²) in [7, 11) is 1.34. The Morgan fingerprint density at radius 1 is 1.35 bits per heavy atom. The van der Waals surface area contributed by atoms with E-state index in [0.717, 1.165) is 17.7 Å². The molecule has 0 radical (unpaired) electrons. The van der Waals surface area contributed by atoms with Gasteiger partial charge in [-0.15, -0.1) is 5.10 Å². The molecule has 2 aromatic carbocycles. The minimum absolute atomic E-state index is 0.0295. The Hall–Kier alpha value is -2.54. The van der Waals surface area contributed by atoms with Crippen LogP contribution in [0.3, 0.4) is 0 Å². The minimum atomic E-state index is -0.545. The molecule has 0 heterocycles. The van der Waals surface area contributed by atoms with Crippen LogP contribution < -0.4 is 10.5 Å². The van der Waals surface area contributed by atoms with Gasteiger partial charge in [0, 0.05) is 17.4 Å². The molecule has 2 aromatic rings. The van der Waals surface area contributed by atoms with Crippen LogP contribution in [0.5, 0.6) is 11.5 Å². The van der Waals surface area contributed by atoms with Gasteiger partial charge in [-0.1, -0.05) is 42.1 Å². The van der Waals surface area contributed by atoms with Crippen molar-refractivity contribution in [2.24, 2.45) is 15.9 Å². The van der Waals surface area contributed by atoms with E-state index in [1.807, 2.05) is 30.3 Å². The number of nitrogens with two attached hydrogens (primary N) is 1. The highest BCUT2D eigenvalue weighted by Crippen LogP contribution is 2.29. The lowest BCUT2D eigenvalue weighted by atomic mass is 10.2. The molecule has 0 amide bonds. The zero-order chi connectivity index (χ0) is 16.7. The highest BCUT2D eigenvalue weighted by atomic mass is 32.2. The first-order chi connectivity index (χ1) is 11.1. The van der Waals surface area contributed by atoms with Crippen LogP contribution in [-0.2, 0) is 5.75 Å². The Kier molecular flexibility index (Phi) is 5.99. The largest absolute Gasteiger partial charge is 0.504 e. The smallest absolute Gasteiger partial charge is 0.180 e. The second kappa shape index (κ2) is 8.19. The minimum Gasteiger partial charge on any atom is -0.504 e. The van der Waals surface area contributed by atoms with E-state index in [0.29, 0.717) is 5.75 Å². The Morgan fingerprint density at radius 2 is 2.09 bits per heavy atom. The summed E-state index contributed by atoms with van der Waals surface area (Å²) >= 11 is 1.33. The Labute approximate surface area is 137 Å². The lowest BCUT2D eigenvalue weighted by Crippen LogP contribution is -2.06. The van der Waals surface area contributed by atoms with Gasteiger partial charge in [0.25, 0.3) is 0 Å². The second-order valence-electron chi connectivity index (χ2n) is 4.50. The fourth-order valence-corrected chi connectivity index (χ4v) is 2.37. The van der Waals surface area contributed by atoms with E-state index in [1.165, 1.54) is 25.1 Å². The Bertz CT molecular complexity index is 721. The van der Waals surface area contributed by atoms with Gasteiger partial charge in [-0.2, -0.15) is 5.10 Å². The third-order valence-electron chi connectivity index (χ3n) is 2.87. The summed E-state index contributed by atoms with van der Waals surface area (Å²) in [6, 6.07) is 12.0. The summed E-state index contributed by atoms with van der Waals surface area (Å²) in [6.07, 6.45) is 1.22. The Balaban J connectivity index is 2.01. The topological polar surface area (TPSA) is 80.2 Å². The van der Waals surface area contributed by atoms with Crippen molar-refractivity contribution in [1.29, 1.82) is 0 Å². The fraction of sp³-hybridized carbons (Fsp3) is 0.125. The molecule has 0 aliphatic heterocycles. The maximum atomic E-state index is 13.4. The predicted octanol–water partition coefficient (Wildman–Crippen LogP) is 3.12. The summed E-state index contributed by atoms with van der Waals surface area (Å²) in [5.74, 6) is -0.0493. The summed E-state index contributed by atoms with van der Waals surface area (Å²) in [4.78, 5) is 0. The van der Waals surface area contributed by atoms with Crippen molar-refractivity contribution in [2.75, 3.05) is 7.11 Å². The maximum Gasteiger partial charge on any atom is 0.180 e. The van der Waals surface area contributed by atoms with E-state index in [-0.39, 0.29) is 22.2 Å². The number of nitrogens with zero attached hydrogens (tertiary/aromatic N) is 2. The van der Waals surface area contributed by atoms with Crippen LogP contribution in [0.25, 0.3) is 0 Å². The van der Waals surface area contributed by atoms with Gasteiger partial charge >= 0.3 is 0 Å². The number of rotatable bonds is 5. The monoisotopic (exact) mass is 333 g/mol. The molecule has 0 atom stereocenters. The van der Waals surface area contributed by atoms with E-state index in [1.54, 1.807) is 0 Å². The van der Waals surface area contributed by atoms with Crippen molar-refractivity contribution < 1.29 is 14.2 Å². The molecule has 0 aromatic heterocycles. The first-order valence-electron chi connectivity index (χ1n) is 6.70. The van der Waals surface area contributed by atoms with E-state index >= 15 is 0 Å². The highest BCUT2D eigenvalue weighted by Gasteiger charge is 2.09. The fourth-order valence-electron chi connectivity index (χ4n) is 1.76. The Morgan fingerprint density at radius 3 is 2.78 bits per heavy atom. The molecule has 23 heavy (non-hydrogen) atoms. The van der Waals surface area contributed by atoms with Crippen LogP contribution in [0, 0.1) is 5.82 Å². The van der Waals surface area contributed by atoms with Crippen LogP contribution >= 0.6 is 11.8 Å². The van der Waals surface area contributed by atoms with Crippen LogP contribution in [0.1, 0.15) is 11.1 Å². The zero-order valence-corrected chi connectivity index (χ0v) is 13.3. The number of ether oxygens (including phenoxy) is 1. The molecule has 120 valence electrons. The van der Waals surface area contributed by atoms with Gasteiger partial charge in [-0.25, -0.2) is 4.39 Å². The number of hydrogen-bond acceptors (Lipinski definition) is 5. The zero-order valence-electron chi connectivity index (χ0n) is 12.4. The number of hydrogen-bond donors (Lipinski definition) is 2. The van der Waals surface area contributed by atoms with Crippen molar-refractivity contribution in [2.45, 2.75) is 5.75 Å². The SMILES string of the molecule is COc1cc(F)cc(C=NN=C(N)SCc2ccccc2)c1O. The number of phenols is 1. The molecule has 0 spiro atoms. The lowest BCUT2D eigenvalue weighted by Gasteiger charge is -2.05. The van der Waals surface area contributed by atoms with E-state index in [9.17, 15) is 9.50 Å². The van der Waals surface area contributed by atoms with Gasteiger partial charge in [-0.3, -0.25) is 0 Å².